The van der Waals surface area contributed by atoms with Gasteiger partial charge < -0.3 is 24.6 Å². The zero-order chi connectivity index (χ0) is 22.8. The number of nitro groups is 1. The zero-order valence-corrected chi connectivity index (χ0v) is 18.6. The minimum atomic E-state index is -0.411. The van der Waals surface area contributed by atoms with Crippen molar-refractivity contribution in [1.29, 1.82) is 0 Å². The third kappa shape index (κ3) is 6.24. The summed E-state index contributed by atoms with van der Waals surface area (Å²) in [5.41, 5.74) is -0.0926. The summed E-state index contributed by atoms with van der Waals surface area (Å²) < 4.78 is 11.1. The number of nitrogens with zero attached hydrogens (tertiary/aromatic N) is 6. The number of pyridine rings is 1. The number of anilines is 3. The van der Waals surface area contributed by atoms with Crippen LogP contribution in [0.2, 0.25) is 0 Å². The highest BCUT2D eigenvalue weighted by molar-refractivity contribution is 5.70. The molecule has 0 aromatic carbocycles. The van der Waals surface area contributed by atoms with E-state index in [1.165, 1.54) is 6.33 Å². The predicted molar refractivity (Wildman–Crippen MR) is 122 cm³/mol. The average molecular weight is 446 g/mol. The molecule has 1 N–H and O–H groups in total. The first kappa shape index (κ1) is 23.6. The van der Waals surface area contributed by atoms with E-state index in [-0.39, 0.29) is 17.8 Å². The molecule has 1 saturated heterocycles. The Bertz CT molecular complexity index is 841. The molecule has 1 aliphatic heterocycles. The van der Waals surface area contributed by atoms with Gasteiger partial charge in [-0.15, -0.1) is 0 Å². The summed E-state index contributed by atoms with van der Waals surface area (Å²) in [6.45, 7) is 8.14. The van der Waals surface area contributed by atoms with Crippen LogP contribution in [0.5, 0.6) is 0 Å². The summed E-state index contributed by atoms with van der Waals surface area (Å²) in [4.78, 5) is 28.3. The normalized spacial score (nSPS) is 14.1. The van der Waals surface area contributed by atoms with Gasteiger partial charge in [-0.05, 0) is 32.4 Å². The number of piperazine rings is 1. The first-order valence-corrected chi connectivity index (χ1v) is 11.0. The molecule has 0 aliphatic carbocycles. The molecular weight excluding hydrogens is 414 g/mol. The minimum absolute atomic E-state index is 0.0926. The fraction of sp³-hybridized carbons (Fsp3) is 0.571. The van der Waals surface area contributed by atoms with Crippen molar-refractivity contribution in [3.8, 4) is 0 Å². The molecule has 174 valence electrons. The molecule has 1 aliphatic rings. The Morgan fingerprint density at radius 1 is 1.09 bits per heavy atom. The largest absolute Gasteiger partial charge is 0.364 e. The maximum atomic E-state index is 11.9. The van der Waals surface area contributed by atoms with Crippen LogP contribution in [0.25, 0.3) is 0 Å². The Kier molecular flexibility index (Phi) is 8.93. The highest BCUT2D eigenvalue weighted by Gasteiger charge is 2.29. The molecule has 2 aromatic heterocycles. The first-order valence-electron chi connectivity index (χ1n) is 11.0. The van der Waals surface area contributed by atoms with Crippen LogP contribution < -0.4 is 15.1 Å². The lowest BCUT2D eigenvalue weighted by molar-refractivity contribution is -0.383. The topological polar surface area (TPSA) is 119 Å². The molecule has 3 heterocycles. The van der Waals surface area contributed by atoms with Crippen molar-refractivity contribution < 1.29 is 14.4 Å². The van der Waals surface area contributed by atoms with Gasteiger partial charge in [0.1, 0.15) is 12.1 Å². The van der Waals surface area contributed by atoms with Crippen molar-refractivity contribution in [3.05, 3.63) is 40.8 Å². The highest BCUT2D eigenvalue weighted by atomic mass is 16.7. The molecular formula is C21H31N7O4. The van der Waals surface area contributed by atoms with Crippen molar-refractivity contribution in [3.63, 3.8) is 0 Å². The molecule has 1 fully saturated rings. The average Bonchev–Trinajstić information content (AvgIpc) is 2.82. The zero-order valence-electron chi connectivity index (χ0n) is 18.6. The summed E-state index contributed by atoms with van der Waals surface area (Å²) >= 11 is 0. The number of hydrogen-bond donors (Lipinski definition) is 1. The van der Waals surface area contributed by atoms with Gasteiger partial charge in [-0.2, -0.15) is 0 Å². The predicted octanol–water partition coefficient (Wildman–Crippen LogP) is 2.70. The fourth-order valence-electron chi connectivity index (χ4n) is 3.65. The van der Waals surface area contributed by atoms with Crippen LogP contribution in [0.3, 0.4) is 0 Å². The molecule has 11 nitrogen and oxygen atoms in total. The second-order valence-electron chi connectivity index (χ2n) is 7.22. The smallest absolute Gasteiger partial charge is 0.353 e. The molecule has 0 amide bonds. The molecule has 0 spiro atoms. The quantitative estimate of drug-likeness (QED) is 0.226. The van der Waals surface area contributed by atoms with Crippen LogP contribution in [0.4, 0.5) is 23.1 Å². The Morgan fingerprint density at radius 2 is 1.81 bits per heavy atom. The van der Waals surface area contributed by atoms with Crippen LogP contribution in [-0.2, 0) is 9.47 Å². The molecule has 2 aromatic rings. The van der Waals surface area contributed by atoms with Crippen molar-refractivity contribution in [2.45, 2.75) is 33.0 Å². The van der Waals surface area contributed by atoms with Gasteiger partial charge in [-0.3, -0.25) is 10.1 Å². The standard InChI is InChI=1S/C21H31N7O4/c1-3-31-18(32-4-2)9-7-11-23-20-19(28(29)30)21(25-16-24-20)27-14-12-26(13-15-27)17-8-5-6-10-22-17/h5-6,8,10,16,18H,3-4,7,9,11-15H2,1-2H3,(H,23,24,25). The SMILES string of the molecule is CCOC(CCCNc1ncnc(N2CCN(c3ccccn3)CC2)c1[N+](=O)[O-])OCC. The third-order valence-corrected chi connectivity index (χ3v) is 5.15. The van der Waals surface area contributed by atoms with Gasteiger partial charge in [0.05, 0.1) is 4.92 Å². The maximum absolute atomic E-state index is 11.9. The maximum Gasteiger partial charge on any atom is 0.353 e. The molecule has 0 radical (unpaired) electrons. The Balaban J connectivity index is 1.62. The van der Waals surface area contributed by atoms with Gasteiger partial charge in [0, 0.05) is 58.6 Å². The summed E-state index contributed by atoms with van der Waals surface area (Å²) in [5, 5.41) is 15.0. The van der Waals surface area contributed by atoms with Crippen LogP contribution in [0, 0.1) is 10.1 Å². The van der Waals surface area contributed by atoms with Crippen LogP contribution >= 0.6 is 0 Å². The van der Waals surface area contributed by atoms with Crippen LogP contribution in [-0.4, -0.2) is 72.1 Å². The van der Waals surface area contributed by atoms with Gasteiger partial charge in [0.25, 0.3) is 0 Å². The molecule has 0 atom stereocenters. The molecule has 0 unspecified atom stereocenters. The van der Waals surface area contributed by atoms with Gasteiger partial charge in [0.15, 0.2) is 6.29 Å². The fourth-order valence-corrected chi connectivity index (χ4v) is 3.65. The number of aromatic nitrogens is 3. The van der Waals surface area contributed by atoms with Crippen molar-refractivity contribution in [2.75, 3.05) is 61.1 Å². The van der Waals surface area contributed by atoms with E-state index < -0.39 is 4.92 Å². The van der Waals surface area contributed by atoms with Crippen molar-refractivity contribution in [1.82, 2.24) is 15.0 Å². The van der Waals surface area contributed by atoms with E-state index >= 15 is 0 Å². The van der Waals surface area contributed by atoms with Crippen LogP contribution in [0.1, 0.15) is 26.7 Å². The lowest BCUT2D eigenvalue weighted by Gasteiger charge is -2.35. The lowest BCUT2D eigenvalue weighted by Crippen LogP contribution is -2.47. The second-order valence-corrected chi connectivity index (χ2v) is 7.22. The van der Waals surface area contributed by atoms with E-state index in [1.54, 1.807) is 6.20 Å². The number of rotatable bonds is 12. The number of nitrogens with one attached hydrogen (secondary N) is 1. The molecule has 11 heteroatoms. The minimum Gasteiger partial charge on any atom is -0.364 e. The van der Waals surface area contributed by atoms with E-state index in [1.807, 2.05) is 36.9 Å². The van der Waals surface area contributed by atoms with Gasteiger partial charge in [-0.1, -0.05) is 6.07 Å². The highest BCUT2D eigenvalue weighted by Crippen LogP contribution is 2.32. The van der Waals surface area contributed by atoms with E-state index in [0.717, 1.165) is 12.2 Å². The van der Waals surface area contributed by atoms with E-state index in [2.05, 4.69) is 25.2 Å². The van der Waals surface area contributed by atoms with E-state index in [0.29, 0.717) is 58.2 Å². The third-order valence-electron chi connectivity index (χ3n) is 5.15. The van der Waals surface area contributed by atoms with E-state index in [4.69, 9.17) is 9.47 Å². The number of ether oxygens (including phenoxy) is 2. The summed E-state index contributed by atoms with van der Waals surface area (Å²) in [6, 6.07) is 5.80. The van der Waals surface area contributed by atoms with Gasteiger partial charge in [-0.25, -0.2) is 15.0 Å². The summed E-state index contributed by atoms with van der Waals surface area (Å²) in [7, 11) is 0. The first-order chi connectivity index (χ1) is 15.6. The van der Waals surface area contributed by atoms with Crippen molar-refractivity contribution >= 4 is 23.1 Å². The number of hydrogen-bond acceptors (Lipinski definition) is 10. The lowest BCUT2D eigenvalue weighted by atomic mass is 10.2. The summed E-state index contributed by atoms with van der Waals surface area (Å²) in [5.74, 6) is 1.48. The monoisotopic (exact) mass is 445 g/mol. The summed E-state index contributed by atoms with van der Waals surface area (Å²) in [6.07, 6.45) is 4.29. The van der Waals surface area contributed by atoms with Crippen LogP contribution in [0.15, 0.2) is 30.7 Å². The Labute approximate surface area is 187 Å². The molecule has 0 saturated carbocycles. The Morgan fingerprint density at radius 3 is 2.44 bits per heavy atom. The second kappa shape index (κ2) is 12.1. The van der Waals surface area contributed by atoms with Gasteiger partial charge in [0.2, 0.25) is 11.6 Å². The Hall–Kier alpha value is -3.05. The van der Waals surface area contributed by atoms with E-state index in [9.17, 15) is 10.1 Å². The van der Waals surface area contributed by atoms with Crippen molar-refractivity contribution in [2.24, 2.45) is 0 Å². The molecule has 32 heavy (non-hydrogen) atoms. The molecule has 3 rings (SSSR count). The molecule has 0 bridgehead atoms. The van der Waals surface area contributed by atoms with Gasteiger partial charge >= 0.3 is 5.69 Å².